The van der Waals surface area contributed by atoms with Gasteiger partial charge in [0.05, 0.1) is 19.8 Å². The van der Waals surface area contributed by atoms with E-state index in [9.17, 15) is 4.79 Å². The van der Waals surface area contributed by atoms with Gasteiger partial charge in [0.1, 0.15) is 6.04 Å². The lowest BCUT2D eigenvalue weighted by Gasteiger charge is -2.13. The van der Waals surface area contributed by atoms with Gasteiger partial charge >= 0.3 is 5.97 Å². The van der Waals surface area contributed by atoms with Gasteiger partial charge in [-0.2, -0.15) is 0 Å². The van der Waals surface area contributed by atoms with E-state index in [1.807, 2.05) is 0 Å². The third kappa shape index (κ3) is 4.27. The summed E-state index contributed by atoms with van der Waals surface area (Å²) >= 11 is 0. The van der Waals surface area contributed by atoms with Gasteiger partial charge in [-0.15, -0.1) is 0 Å². The molecule has 0 amide bonds. The minimum atomic E-state index is -0.778. The van der Waals surface area contributed by atoms with E-state index >= 15 is 0 Å². The maximum Gasteiger partial charge on any atom is 0.322 e. The molecular formula is C7H15NO4. The molecule has 0 fully saturated rings. The van der Waals surface area contributed by atoms with Crippen LogP contribution in [0.1, 0.15) is 6.42 Å². The van der Waals surface area contributed by atoms with Gasteiger partial charge in [0.15, 0.2) is 0 Å². The number of aliphatic hydroxyl groups is 1. The number of carbonyl (C=O) groups is 1. The van der Waals surface area contributed by atoms with E-state index in [-0.39, 0.29) is 13.0 Å². The fourth-order valence-corrected chi connectivity index (χ4v) is 0.801. The van der Waals surface area contributed by atoms with Gasteiger partial charge in [0, 0.05) is 13.5 Å². The van der Waals surface area contributed by atoms with Crippen molar-refractivity contribution in [3.63, 3.8) is 0 Å². The molecule has 2 atom stereocenters. The number of hydrogen-bond donors (Lipinski definition) is 2. The lowest BCUT2D eigenvalue weighted by atomic mass is 10.1. The van der Waals surface area contributed by atoms with Crippen molar-refractivity contribution in [3.8, 4) is 0 Å². The number of nitrogens with two attached hydrogens (primary N) is 1. The summed E-state index contributed by atoms with van der Waals surface area (Å²) in [6.45, 7) is 0.171. The van der Waals surface area contributed by atoms with Crippen LogP contribution in [0.15, 0.2) is 0 Å². The van der Waals surface area contributed by atoms with Gasteiger partial charge in [-0.25, -0.2) is 0 Å². The van der Waals surface area contributed by atoms with Crippen LogP contribution in [0.5, 0.6) is 0 Å². The van der Waals surface area contributed by atoms with Gasteiger partial charge in [-0.1, -0.05) is 0 Å². The quantitative estimate of drug-likeness (QED) is 0.520. The van der Waals surface area contributed by atoms with Gasteiger partial charge < -0.3 is 20.3 Å². The molecule has 0 saturated carbocycles. The van der Waals surface area contributed by atoms with Gasteiger partial charge in [-0.3, -0.25) is 4.79 Å². The average Bonchev–Trinajstić information content (AvgIpc) is 2.03. The van der Waals surface area contributed by atoms with E-state index in [1.165, 1.54) is 14.2 Å². The molecule has 0 saturated heterocycles. The zero-order chi connectivity index (χ0) is 9.56. The third-order valence-corrected chi connectivity index (χ3v) is 1.39. The van der Waals surface area contributed by atoms with Crippen LogP contribution in [-0.4, -0.2) is 44.0 Å². The molecule has 0 aromatic carbocycles. The molecule has 0 aliphatic heterocycles. The largest absolute Gasteiger partial charge is 0.468 e. The standard InChI is InChI=1S/C7H15NO4/c1-11-4-5(9)3-6(8)7(10)12-2/h5-6,9H,3-4,8H2,1-2H3. The molecule has 5 heteroatoms. The molecule has 0 aliphatic carbocycles. The van der Waals surface area contributed by atoms with Crippen LogP contribution in [0.4, 0.5) is 0 Å². The Bertz CT molecular complexity index is 139. The smallest absolute Gasteiger partial charge is 0.322 e. The highest BCUT2D eigenvalue weighted by Gasteiger charge is 2.17. The Morgan fingerprint density at radius 1 is 1.58 bits per heavy atom. The molecular weight excluding hydrogens is 162 g/mol. The van der Waals surface area contributed by atoms with E-state index < -0.39 is 18.1 Å². The van der Waals surface area contributed by atoms with Crippen LogP contribution >= 0.6 is 0 Å². The Labute approximate surface area is 71.5 Å². The van der Waals surface area contributed by atoms with E-state index in [2.05, 4.69) is 9.47 Å². The van der Waals surface area contributed by atoms with Crippen molar-refractivity contribution in [1.82, 2.24) is 0 Å². The summed E-state index contributed by atoms with van der Waals surface area (Å²) in [5, 5.41) is 9.15. The highest BCUT2D eigenvalue weighted by molar-refractivity contribution is 5.75. The summed E-state index contributed by atoms with van der Waals surface area (Å²) in [7, 11) is 2.72. The van der Waals surface area contributed by atoms with Crippen LogP contribution in [-0.2, 0) is 14.3 Å². The highest BCUT2D eigenvalue weighted by atomic mass is 16.5. The topological polar surface area (TPSA) is 81.8 Å². The molecule has 0 bridgehead atoms. The molecule has 2 unspecified atom stereocenters. The number of esters is 1. The monoisotopic (exact) mass is 177 g/mol. The minimum Gasteiger partial charge on any atom is -0.468 e. The van der Waals surface area contributed by atoms with E-state index in [0.717, 1.165) is 0 Å². The van der Waals surface area contributed by atoms with Gasteiger partial charge in [-0.05, 0) is 0 Å². The fraction of sp³-hybridized carbons (Fsp3) is 0.857. The van der Waals surface area contributed by atoms with Crippen LogP contribution < -0.4 is 5.73 Å². The number of carbonyl (C=O) groups excluding carboxylic acids is 1. The second-order valence-electron chi connectivity index (χ2n) is 2.47. The van der Waals surface area contributed by atoms with E-state index in [1.54, 1.807) is 0 Å². The molecule has 0 aromatic heterocycles. The van der Waals surface area contributed by atoms with Crippen molar-refractivity contribution in [2.24, 2.45) is 5.73 Å². The maximum absolute atomic E-state index is 10.8. The summed E-state index contributed by atoms with van der Waals surface area (Å²) in [5.41, 5.74) is 5.37. The highest BCUT2D eigenvalue weighted by Crippen LogP contribution is 1.97. The molecule has 0 aromatic rings. The van der Waals surface area contributed by atoms with Crippen molar-refractivity contribution in [3.05, 3.63) is 0 Å². The number of hydrogen-bond acceptors (Lipinski definition) is 5. The Morgan fingerprint density at radius 2 is 2.17 bits per heavy atom. The van der Waals surface area contributed by atoms with E-state index in [0.29, 0.717) is 0 Å². The second kappa shape index (κ2) is 5.93. The first-order valence-corrected chi connectivity index (χ1v) is 3.62. The first-order valence-electron chi connectivity index (χ1n) is 3.62. The van der Waals surface area contributed by atoms with Crippen LogP contribution in [0, 0.1) is 0 Å². The Balaban J connectivity index is 3.67. The Morgan fingerprint density at radius 3 is 2.58 bits per heavy atom. The Hall–Kier alpha value is -0.650. The molecule has 3 N–H and O–H groups in total. The van der Waals surface area contributed by atoms with Crippen molar-refractivity contribution in [2.45, 2.75) is 18.6 Å². The summed E-state index contributed by atoms with van der Waals surface area (Å²) in [6.07, 6.45) is -0.565. The maximum atomic E-state index is 10.8. The molecule has 0 heterocycles. The van der Waals surface area contributed by atoms with Crippen molar-refractivity contribution < 1.29 is 19.4 Å². The molecule has 0 radical (unpaired) electrons. The SMILES string of the molecule is COCC(O)CC(N)C(=O)OC. The van der Waals surface area contributed by atoms with Crippen LogP contribution in [0.3, 0.4) is 0 Å². The molecule has 0 rings (SSSR count). The number of rotatable bonds is 5. The summed E-state index contributed by atoms with van der Waals surface area (Å²) < 4.78 is 9.04. The first-order chi connectivity index (χ1) is 5.61. The Kier molecular flexibility index (Phi) is 5.61. The number of ether oxygens (including phenoxy) is 2. The van der Waals surface area contributed by atoms with E-state index in [4.69, 9.17) is 10.8 Å². The molecule has 72 valence electrons. The number of methoxy groups -OCH3 is 2. The first kappa shape index (κ1) is 11.4. The van der Waals surface area contributed by atoms with Crippen molar-refractivity contribution in [1.29, 1.82) is 0 Å². The normalized spacial score (nSPS) is 15.3. The molecule has 0 aliphatic rings. The second-order valence-corrected chi connectivity index (χ2v) is 2.47. The van der Waals surface area contributed by atoms with Gasteiger partial charge in [0.2, 0.25) is 0 Å². The predicted molar refractivity (Wildman–Crippen MR) is 42.5 cm³/mol. The summed E-state index contributed by atoms with van der Waals surface area (Å²) in [5.74, 6) is -0.523. The zero-order valence-corrected chi connectivity index (χ0v) is 7.32. The third-order valence-electron chi connectivity index (χ3n) is 1.39. The zero-order valence-electron chi connectivity index (χ0n) is 7.32. The predicted octanol–water partition coefficient (Wildman–Crippen LogP) is -1.12. The molecule has 5 nitrogen and oxygen atoms in total. The van der Waals surface area contributed by atoms with Crippen LogP contribution in [0.2, 0.25) is 0 Å². The molecule has 0 spiro atoms. The summed E-state index contributed by atoms with van der Waals surface area (Å²) in [6, 6.07) is -0.778. The lowest BCUT2D eigenvalue weighted by Crippen LogP contribution is -2.36. The van der Waals surface area contributed by atoms with Crippen LogP contribution in [0.25, 0.3) is 0 Å². The van der Waals surface area contributed by atoms with Gasteiger partial charge in [0.25, 0.3) is 0 Å². The minimum absolute atomic E-state index is 0.153. The average molecular weight is 177 g/mol. The molecule has 12 heavy (non-hydrogen) atoms. The van der Waals surface area contributed by atoms with Crippen molar-refractivity contribution in [2.75, 3.05) is 20.8 Å². The lowest BCUT2D eigenvalue weighted by molar-refractivity contribution is -0.143. The number of aliphatic hydroxyl groups excluding tert-OH is 1. The summed E-state index contributed by atoms with van der Waals surface area (Å²) in [4.78, 5) is 10.8. The fourth-order valence-electron chi connectivity index (χ4n) is 0.801. The van der Waals surface area contributed by atoms with Crippen molar-refractivity contribution >= 4 is 5.97 Å².